The lowest BCUT2D eigenvalue weighted by Gasteiger charge is -2.36. The molecule has 0 saturated heterocycles. The first-order valence-corrected chi connectivity index (χ1v) is 8.14. The van der Waals surface area contributed by atoms with Gasteiger partial charge in [0.2, 0.25) is 5.72 Å². The summed E-state index contributed by atoms with van der Waals surface area (Å²) in [6.45, 7) is 10.7. The van der Waals surface area contributed by atoms with Crippen LogP contribution >= 0.6 is 0 Å². The first-order valence-electron chi connectivity index (χ1n) is 8.14. The van der Waals surface area contributed by atoms with Crippen LogP contribution in [0.4, 0.5) is 11.4 Å². The second-order valence-corrected chi connectivity index (χ2v) is 6.76. The molecule has 23 heavy (non-hydrogen) atoms. The normalized spacial score (nSPS) is 21.3. The third-order valence-electron chi connectivity index (χ3n) is 5.53. The maximum absolute atomic E-state index is 6.58. The predicted octanol–water partition coefficient (Wildman–Crippen LogP) is 4.77. The second-order valence-electron chi connectivity index (χ2n) is 6.76. The van der Waals surface area contributed by atoms with Gasteiger partial charge in [0, 0.05) is 12.1 Å². The maximum atomic E-state index is 6.58. The van der Waals surface area contributed by atoms with E-state index < -0.39 is 5.72 Å². The Morgan fingerprint density at radius 2 is 1.65 bits per heavy atom. The summed E-state index contributed by atoms with van der Waals surface area (Å²) >= 11 is 0. The van der Waals surface area contributed by atoms with E-state index in [1.54, 1.807) is 0 Å². The fraction of sp³-hybridized carbons (Fsp3) is 0.350. The molecule has 1 spiro atoms. The van der Waals surface area contributed by atoms with Crippen molar-refractivity contribution in [1.82, 2.24) is 0 Å². The summed E-state index contributed by atoms with van der Waals surface area (Å²) in [5.74, 6) is 0.927. The molecule has 2 heterocycles. The van der Waals surface area contributed by atoms with E-state index in [1.807, 2.05) is 0 Å². The molecule has 1 N–H and O–H groups in total. The highest BCUT2D eigenvalue weighted by Crippen LogP contribution is 2.47. The summed E-state index contributed by atoms with van der Waals surface area (Å²) in [6.07, 6.45) is 0.809. The van der Waals surface area contributed by atoms with Gasteiger partial charge in [-0.3, -0.25) is 0 Å². The van der Waals surface area contributed by atoms with Crippen LogP contribution in [0.3, 0.4) is 0 Å². The van der Waals surface area contributed by atoms with E-state index in [2.05, 4.69) is 64.2 Å². The van der Waals surface area contributed by atoms with Gasteiger partial charge in [-0.2, -0.15) is 0 Å². The average Bonchev–Trinajstić information content (AvgIpc) is 2.92. The predicted molar refractivity (Wildman–Crippen MR) is 95.3 cm³/mol. The van der Waals surface area contributed by atoms with Crippen molar-refractivity contribution >= 4 is 17.1 Å². The molecule has 3 nitrogen and oxygen atoms in total. The van der Waals surface area contributed by atoms with Crippen LogP contribution in [0.25, 0.3) is 0 Å². The lowest BCUT2D eigenvalue weighted by molar-refractivity contribution is 0.173. The van der Waals surface area contributed by atoms with Crippen LogP contribution in [-0.4, -0.2) is 11.4 Å². The van der Waals surface area contributed by atoms with Gasteiger partial charge in [-0.25, -0.2) is 4.99 Å². The molecular weight excluding hydrogens is 284 g/mol. The van der Waals surface area contributed by atoms with Crippen LogP contribution < -0.4 is 10.1 Å². The van der Waals surface area contributed by atoms with Gasteiger partial charge in [-0.15, -0.1) is 0 Å². The molecule has 0 bridgehead atoms. The third-order valence-corrected chi connectivity index (χ3v) is 5.53. The van der Waals surface area contributed by atoms with Crippen LogP contribution in [0.5, 0.6) is 5.75 Å². The molecule has 2 aliphatic heterocycles. The van der Waals surface area contributed by atoms with Crippen molar-refractivity contribution in [3.05, 3.63) is 52.1 Å². The van der Waals surface area contributed by atoms with Crippen molar-refractivity contribution < 1.29 is 4.74 Å². The molecule has 0 aromatic heterocycles. The summed E-state index contributed by atoms with van der Waals surface area (Å²) in [7, 11) is 0. The molecule has 0 saturated carbocycles. The average molecular weight is 306 g/mol. The van der Waals surface area contributed by atoms with E-state index >= 15 is 0 Å². The number of anilines is 1. The summed E-state index contributed by atoms with van der Waals surface area (Å²) in [4.78, 5) is 4.96. The number of fused-ring (bicyclic) bond motifs is 2. The Kier molecular flexibility index (Phi) is 2.87. The van der Waals surface area contributed by atoms with Crippen LogP contribution in [0.2, 0.25) is 0 Å². The molecule has 0 amide bonds. The lowest BCUT2D eigenvalue weighted by Crippen LogP contribution is -2.50. The molecule has 0 radical (unpaired) electrons. The zero-order valence-electron chi connectivity index (χ0n) is 14.4. The smallest absolute Gasteiger partial charge is 0.224 e. The summed E-state index contributed by atoms with van der Waals surface area (Å²) in [6, 6.07) is 8.39. The molecule has 2 aromatic rings. The van der Waals surface area contributed by atoms with Crippen molar-refractivity contribution in [3.8, 4) is 5.75 Å². The van der Waals surface area contributed by atoms with E-state index in [-0.39, 0.29) is 0 Å². The Morgan fingerprint density at radius 3 is 2.39 bits per heavy atom. The van der Waals surface area contributed by atoms with E-state index in [0.29, 0.717) is 0 Å². The quantitative estimate of drug-likeness (QED) is 0.760. The van der Waals surface area contributed by atoms with Crippen molar-refractivity contribution in [3.63, 3.8) is 0 Å². The minimum atomic E-state index is -0.546. The molecule has 1 atom stereocenters. The van der Waals surface area contributed by atoms with Crippen LogP contribution in [-0.2, 0) is 6.42 Å². The van der Waals surface area contributed by atoms with E-state index in [4.69, 9.17) is 9.73 Å². The molecular formula is C20H22N2O. The van der Waals surface area contributed by atoms with E-state index in [9.17, 15) is 0 Å². The molecule has 2 aliphatic rings. The van der Waals surface area contributed by atoms with Crippen LogP contribution in [0, 0.1) is 27.7 Å². The van der Waals surface area contributed by atoms with Crippen molar-refractivity contribution in [2.45, 2.75) is 46.8 Å². The van der Waals surface area contributed by atoms with Gasteiger partial charge in [0.15, 0.2) is 5.75 Å². The Morgan fingerprint density at radius 1 is 0.957 bits per heavy atom. The topological polar surface area (TPSA) is 33.6 Å². The number of hydrogen-bond donors (Lipinski definition) is 1. The molecule has 4 rings (SSSR count). The molecule has 0 aliphatic carbocycles. The van der Waals surface area contributed by atoms with Gasteiger partial charge in [0.05, 0.1) is 5.71 Å². The van der Waals surface area contributed by atoms with Crippen LogP contribution in [0.15, 0.2) is 29.3 Å². The number of ether oxygens (including phenoxy) is 1. The number of aliphatic imine (C=N–C) groups is 1. The number of nitrogens with one attached hydrogen (secondary N) is 1. The highest BCUT2D eigenvalue weighted by molar-refractivity contribution is 5.99. The highest BCUT2D eigenvalue weighted by Gasteiger charge is 2.45. The SMILES string of the molecule is CC1=Nc2c(C)c(C)c(C)c(C)c2OC12Cc1ccccc1N2. The fourth-order valence-corrected chi connectivity index (χ4v) is 3.63. The number of rotatable bonds is 0. The third kappa shape index (κ3) is 1.86. The Hall–Kier alpha value is -2.29. The van der Waals surface area contributed by atoms with Crippen molar-refractivity contribution in [1.29, 1.82) is 0 Å². The molecule has 118 valence electrons. The fourth-order valence-electron chi connectivity index (χ4n) is 3.63. The zero-order valence-corrected chi connectivity index (χ0v) is 14.4. The first-order chi connectivity index (χ1) is 10.9. The van der Waals surface area contributed by atoms with E-state index in [0.717, 1.165) is 29.3 Å². The van der Waals surface area contributed by atoms with Crippen LogP contribution in [0.1, 0.15) is 34.7 Å². The number of hydrogen-bond acceptors (Lipinski definition) is 3. The second kappa shape index (κ2) is 4.60. The molecule has 2 aromatic carbocycles. The summed E-state index contributed by atoms with van der Waals surface area (Å²) in [5.41, 5.74) is 8.87. The summed E-state index contributed by atoms with van der Waals surface area (Å²) < 4.78 is 6.58. The van der Waals surface area contributed by atoms with Gasteiger partial charge in [-0.1, -0.05) is 18.2 Å². The Balaban J connectivity index is 1.88. The molecule has 0 fully saturated rings. The Labute approximate surface area is 137 Å². The minimum absolute atomic E-state index is 0.546. The monoisotopic (exact) mass is 306 g/mol. The van der Waals surface area contributed by atoms with Gasteiger partial charge < -0.3 is 10.1 Å². The lowest BCUT2D eigenvalue weighted by atomic mass is 9.94. The largest absolute Gasteiger partial charge is 0.460 e. The number of para-hydroxylation sites is 1. The van der Waals surface area contributed by atoms with Gasteiger partial charge in [0.1, 0.15) is 5.69 Å². The number of benzene rings is 2. The molecule has 1 unspecified atom stereocenters. The highest BCUT2D eigenvalue weighted by atomic mass is 16.5. The standard InChI is InChI=1S/C20H22N2O/c1-11-12(2)14(4)19-18(13(11)3)21-15(5)20(23-19)10-16-8-6-7-9-17(16)22-20/h6-9,22H,10H2,1-5H3. The Bertz CT molecular complexity index is 839. The first kappa shape index (κ1) is 14.3. The van der Waals surface area contributed by atoms with Gasteiger partial charge in [0.25, 0.3) is 0 Å². The van der Waals surface area contributed by atoms with Gasteiger partial charge in [-0.05, 0) is 68.5 Å². The van der Waals surface area contributed by atoms with Crippen molar-refractivity contribution in [2.75, 3.05) is 5.32 Å². The van der Waals surface area contributed by atoms with E-state index in [1.165, 1.54) is 27.8 Å². The van der Waals surface area contributed by atoms with Gasteiger partial charge >= 0.3 is 0 Å². The summed E-state index contributed by atoms with van der Waals surface area (Å²) in [5, 5.41) is 3.57. The number of nitrogens with zero attached hydrogens (tertiary/aromatic N) is 1. The molecule has 3 heteroatoms. The maximum Gasteiger partial charge on any atom is 0.224 e. The van der Waals surface area contributed by atoms with Crippen molar-refractivity contribution in [2.24, 2.45) is 4.99 Å². The zero-order chi connectivity index (χ0) is 16.4. The minimum Gasteiger partial charge on any atom is -0.460 e.